The fourth-order valence-corrected chi connectivity index (χ4v) is 2.88. The topological polar surface area (TPSA) is 13.1 Å². The van der Waals surface area contributed by atoms with Crippen LogP contribution in [0.3, 0.4) is 0 Å². The molecule has 0 spiro atoms. The summed E-state index contributed by atoms with van der Waals surface area (Å²) in [5, 5.41) is 2.37. The molecule has 74 valence electrons. The lowest BCUT2D eigenvalue weighted by Gasteiger charge is -1.93. The lowest BCUT2D eigenvalue weighted by molar-refractivity contribution is 0.669. The highest BCUT2D eigenvalue weighted by Gasteiger charge is 2.09. The molecule has 0 aliphatic heterocycles. The number of rotatable bonds is 0. The van der Waals surface area contributed by atoms with Gasteiger partial charge in [0.1, 0.15) is 11.2 Å². The normalized spacial score (nSPS) is 11.3. The number of benzene rings is 2. The predicted octanol–water partition coefficient (Wildman–Crippen LogP) is 4.95. The Labute approximate surface area is 109 Å². The Morgan fingerprint density at radius 2 is 1.93 bits per heavy atom. The van der Waals surface area contributed by atoms with E-state index in [1.165, 1.54) is 14.3 Å². The van der Waals surface area contributed by atoms with Crippen molar-refractivity contribution in [3.8, 4) is 0 Å². The van der Waals surface area contributed by atoms with Crippen LogP contribution < -0.4 is 0 Å². The predicted molar refractivity (Wildman–Crippen MR) is 74.1 cm³/mol. The van der Waals surface area contributed by atoms with E-state index in [1.807, 2.05) is 24.3 Å². The number of furan rings is 1. The van der Waals surface area contributed by atoms with Crippen LogP contribution in [0.25, 0.3) is 21.9 Å². The molecule has 3 heteroatoms. The van der Waals surface area contributed by atoms with Crippen molar-refractivity contribution < 1.29 is 4.42 Å². The zero-order valence-electron chi connectivity index (χ0n) is 7.63. The molecule has 0 unspecified atom stereocenters. The first-order valence-electron chi connectivity index (χ1n) is 4.52. The monoisotopic (exact) mass is 372 g/mol. The summed E-state index contributed by atoms with van der Waals surface area (Å²) in [7, 11) is 0. The second-order valence-electron chi connectivity index (χ2n) is 3.36. The number of hydrogen-bond donors (Lipinski definition) is 0. The van der Waals surface area contributed by atoms with E-state index >= 15 is 0 Å². The highest BCUT2D eigenvalue weighted by atomic mass is 127. The Morgan fingerprint density at radius 1 is 1.07 bits per heavy atom. The first kappa shape index (κ1) is 9.66. The molecule has 1 aromatic heterocycles. The van der Waals surface area contributed by atoms with Gasteiger partial charge in [0.25, 0.3) is 0 Å². The van der Waals surface area contributed by atoms with Crippen LogP contribution in [0.4, 0.5) is 0 Å². The number of hydrogen-bond acceptors (Lipinski definition) is 1. The van der Waals surface area contributed by atoms with Gasteiger partial charge in [-0.25, -0.2) is 0 Å². The fourth-order valence-electron chi connectivity index (χ4n) is 1.76. The van der Waals surface area contributed by atoms with E-state index in [2.05, 4.69) is 50.7 Å². The van der Waals surface area contributed by atoms with Gasteiger partial charge in [0.2, 0.25) is 0 Å². The smallest absolute Gasteiger partial charge is 0.136 e. The molecule has 0 fully saturated rings. The van der Waals surface area contributed by atoms with Gasteiger partial charge in [-0.15, -0.1) is 0 Å². The second kappa shape index (κ2) is 3.49. The molecule has 3 aromatic rings. The number of halogens is 2. The van der Waals surface area contributed by atoms with E-state index in [-0.39, 0.29) is 0 Å². The summed E-state index contributed by atoms with van der Waals surface area (Å²) in [6.45, 7) is 0. The van der Waals surface area contributed by atoms with E-state index in [1.54, 1.807) is 0 Å². The Kier molecular flexibility index (Phi) is 2.25. The molecule has 0 aliphatic rings. The SMILES string of the molecule is Brc1ccc2oc3cccc(I)c3c2c1. The summed E-state index contributed by atoms with van der Waals surface area (Å²) in [6, 6.07) is 12.2. The molecule has 0 amide bonds. The minimum absolute atomic E-state index is 0.942. The molecular weight excluding hydrogens is 367 g/mol. The Bertz CT molecular complexity index is 657. The zero-order valence-corrected chi connectivity index (χ0v) is 11.4. The van der Waals surface area contributed by atoms with Crippen molar-refractivity contribution in [3.63, 3.8) is 0 Å². The van der Waals surface area contributed by atoms with E-state index < -0.39 is 0 Å². The molecule has 15 heavy (non-hydrogen) atoms. The maximum absolute atomic E-state index is 5.76. The standard InChI is InChI=1S/C12H6BrIO/c13-7-4-5-10-8(6-7)12-9(14)2-1-3-11(12)15-10/h1-6H. The molecule has 0 bridgehead atoms. The molecule has 1 heterocycles. The van der Waals surface area contributed by atoms with Crippen LogP contribution in [0.15, 0.2) is 45.3 Å². The summed E-state index contributed by atoms with van der Waals surface area (Å²) in [6.07, 6.45) is 0. The van der Waals surface area contributed by atoms with Crippen molar-refractivity contribution in [2.45, 2.75) is 0 Å². The van der Waals surface area contributed by atoms with Gasteiger partial charge in [0.05, 0.1) is 0 Å². The van der Waals surface area contributed by atoms with E-state index in [0.717, 1.165) is 15.6 Å². The maximum Gasteiger partial charge on any atom is 0.136 e. The van der Waals surface area contributed by atoms with Gasteiger partial charge in [-0.2, -0.15) is 0 Å². The van der Waals surface area contributed by atoms with E-state index in [0.29, 0.717) is 0 Å². The van der Waals surface area contributed by atoms with Crippen LogP contribution in [0.1, 0.15) is 0 Å². The summed E-state index contributed by atoms with van der Waals surface area (Å²) in [4.78, 5) is 0. The van der Waals surface area contributed by atoms with Gasteiger partial charge >= 0.3 is 0 Å². The maximum atomic E-state index is 5.76. The minimum Gasteiger partial charge on any atom is -0.456 e. The molecule has 2 aromatic carbocycles. The highest BCUT2D eigenvalue weighted by Crippen LogP contribution is 2.33. The van der Waals surface area contributed by atoms with E-state index in [4.69, 9.17) is 4.42 Å². The third-order valence-corrected chi connectivity index (χ3v) is 3.80. The summed E-state index contributed by atoms with van der Waals surface area (Å²) >= 11 is 5.82. The highest BCUT2D eigenvalue weighted by molar-refractivity contribution is 14.1. The van der Waals surface area contributed by atoms with Crippen molar-refractivity contribution in [1.82, 2.24) is 0 Å². The second-order valence-corrected chi connectivity index (χ2v) is 5.43. The average molecular weight is 373 g/mol. The van der Waals surface area contributed by atoms with Gasteiger partial charge in [-0.1, -0.05) is 22.0 Å². The third kappa shape index (κ3) is 1.49. The van der Waals surface area contributed by atoms with Gasteiger partial charge in [-0.3, -0.25) is 0 Å². The van der Waals surface area contributed by atoms with Crippen molar-refractivity contribution >= 4 is 60.5 Å². The minimum atomic E-state index is 0.942. The van der Waals surface area contributed by atoms with Crippen molar-refractivity contribution in [1.29, 1.82) is 0 Å². The van der Waals surface area contributed by atoms with Crippen molar-refractivity contribution in [2.75, 3.05) is 0 Å². The molecular formula is C12H6BrIO. The number of fused-ring (bicyclic) bond motifs is 3. The van der Waals surface area contributed by atoms with Gasteiger partial charge < -0.3 is 4.42 Å². The Hall–Kier alpha value is -0.550. The zero-order chi connectivity index (χ0) is 10.4. The van der Waals surface area contributed by atoms with Crippen LogP contribution in [-0.2, 0) is 0 Å². The summed E-state index contributed by atoms with van der Waals surface area (Å²) < 4.78 is 8.07. The van der Waals surface area contributed by atoms with Crippen LogP contribution in [-0.4, -0.2) is 0 Å². The van der Waals surface area contributed by atoms with Gasteiger partial charge in [-0.05, 0) is 52.9 Å². The Balaban J connectivity index is 2.61. The molecule has 0 radical (unpaired) electrons. The summed E-state index contributed by atoms with van der Waals surface area (Å²) in [5.74, 6) is 0. The quantitative estimate of drug-likeness (QED) is 0.509. The van der Waals surface area contributed by atoms with Gasteiger partial charge in [0.15, 0.2) is 0 Å². The van der Waals surface area contributed by atoms with Gasteiger partial charge in [0, 0.05) is 18.8 Å². The van der Waals surface area contributed by atoms with Crippen LogP contribution >= 0.6 is 38.5 Å². The first-order valence-corrected chi connectivity index (χ1v) is 6.39. The molecule has 1 nitrogen and oxygen atoms in total. The molecule has 3 rings (SSSR count). The molecule has 0 N–H and O–H groups in total. The lowest BCUT2D eigenvalue weighted by atomic mass is 10.2. The Morgan fingerprint density at radius 3 is 2.80 bits per heavy atom. The fraction of sp³-hybridized carbons (Fsp3) is 0. The van der Waals surface area contributed by atoms with Crippen molar-refractivity contribution in [2.24, 2.45) is 0 Å². The molecule has 0 saturated heterocycles. The first-order chi connectivity index (χ1) is 7.25. The summed E-state index contributed by atoms with van der Waals surface area (Å²) in [5.41, 5.74) is 1.90. The third-order valence-electron chi connectivity index (χ3n) is 2.41. The van der Waals surface area contributed by atoms with E-state index in [9.17, 15) is 0 Å². The van der Waals surface area contributed by atoms with Crippen LogP contribution in [0.2, 0.25) is 0 Å². The largest absolute Gasteiger partial charge is 0.456 e. The average Bonchev–Trinajstić information content (AvgIpc) is 2.57. The van der Waals surface area contributed by atoms with Crippen molar-refractivity contribution in [3.05, 3.63) is 44.4 Å². The molecule has 0 saturated carbocycles. The molecule has 0 atom stereocenters. The lowest BCUT2D eigenvalue weighted by Crippen LogP contribution is -1.72. The van der Waals surface area contributed by atoms with Crippen LogP contribution in [0.5, 0.6) is 0 Å². The molecule has 0 aliphatic carbocycles. The van der Waals surface area contributed by atoms with Crippen LogP contribution in [0, 0.1) is 3.57 Å².